The van der Waals surface area contributed by atoms with Crippen molar-refractivity contribution in [1.82, 2.24) is 0 Å². The summed E-state index contributed by atoms with van der Waals surface area (Å²) < 4.78 is 47.1. The molecule has 0 aliphatic carbocycles. The molecule has 0 bridgehead atoms. The number of benzene rings is 1. The second-order valence-corrected chi connectivity index (χ2v) is 5.68. The number of ether oxygens (including phenoxy) is 2. The standard InChI is InChI=1S/C15H19F3O3/c1-10(2)13-9-14(19,7-8-20-13)11-5-3-4-6-12(11)21-15(16,17)18/h3-6,10,13,19H,7-9H2,1-2H3. The number of halogens is 3. The zero-order chi connectivity index (χ0) is 15.7. The van der Waals surface area contributed by atoms with Crippen LogP contribution in [0.3, 0.4) is 0 Å². The lowest BCUT2D eigenvalue weighted by Crippen LogP contribution is -2.41. The average Bonchev–Trinajstić information content (AvgIpc) is 2.37. The van der Waals surface area contributed by atoms with Crippen molar-refractivity contribution in [3.8, 4) is 5.75 Å². The first-order chi connectivity index (χ1) is 9.71. The summed E-state index contributed by atoms with van der Waals surface area (Å²) >= 11 is 0. The minimum atomic E-state index is -4.78. The van der Waals surface area contributed by atoms with Crippen LogP contribution in [-0.2, 0) is 10.3 Å². The van der Waals surface area contributed by atoms with Crippen LogP contribution in [0, 0.1) is 5.92 Å². The maximum atomic E-state index is 12.5. The summed E-state index contributed by atoms with van der Waals surface area (Å²) in [6, 6.07) is 5.74. The lowest BCUT2D eigenvalue weighted by atomic mass is 9.80. The second kappa shape index (κ2) is 5.85. The molecule has 0 saturated carbocycles. The summed E-state index contributed by atoms with van der Waals surface area (Å²) in [7, 11) is 0. The van der Waals surface area contributed by atoms with E-state index in [2.05, 4.69) is 4.74 Å². The largest absolute Gasteiger partial charge is 0.573 e. The first-order valence-corrected chi connectivity index (χ1v) is 6.90. The molecule has 1 saturated heterocycles. The number of hydrogen-bond donors (Lipinski definition) is 1. The van der Waals surface area contributed by atoms with Gasteiger partial charge in [-0.2, -0.15) is 0 Å². The summed E-state index contributed by atoms with van der Waals surface area (Å²) in [5.74, 6) is -0.176. The van der Waals surface area contributed by atoms with Crippen LogP contribution < -0.4 is 4.74 Å². The third-order valence-electron chi connectivity index (χ3n) is 3.74. The Morgan fingerprint density at radius 2 is 2.00 bits per heavy atom. The Hall–Kier alpha value is -1.27. The van der Waals surface area contributed by atoms with Gasteiger partial charge in [0.1, 0.15) is 5.75 Å². The van der Waals surface area contributed by atoms with Crippen LogP contribution >= 0.6 is 0 Å². The van der Waals surface area contributed by atoms with Gasteiger partial charge in [-0.05, 0) is 12.0 Å². The van der Waals surface area contributed by atoms with Crippen LogP contribution in [-0.4, -0.2) is 24.2 Å². The van der Waals surface area contributed by atoms with E-state index in [1.54, 1.807) is 6.07 Å². The summed E-state index contributed by atoms with van der Waals surface area (Å²) in [5.41, 5.74) is -1.20. The zero-order valence-electron chi connectivity index (χ0n) is 12.0. The maximum Gasteiger partial charge on any atom is 0.573 e. The number of para-hydroxylation sites is 1. The molecule has 0 aromatic heterocycles. The lowest BCUT2D eigenvalue weighted by molar-refractivity contribution is -0.275. The van der Waals surface area contributed by atoms with E-state index in [9.17, 15) is 18.3 Å². The molecule has 0 amide bonds. The van der Waals surface area contributed by atoms with Gasteiger partial charge in [0.25, 0.3) is 0 Å². The molecule has 1 aliphatic rings. The zero-order valence-corrected chi connectivity index (χ0v) is 12.0. The number of aliphatic hydroxyl groups is 1. The molecule has 1 fully saturated rings. The Labute approximate surface area is 121 Å². The van der Waals surface area contributed by atoms with Gasteiger partial charge in [0.15, 0.2) is 0 Å². The fourth-order valence-corrected chi connectivity index (χ4v) is 2.61. The topological polar surface area (TPSA) is 38.7 Å². The highest BCUT2D eigenvalue weighted by molar-refractivity contribution is 5.38. The third-order valence-corrected chi connectivity index (χ3v) is 3.74. The predicted octanol–water partition coefficient (Wildman–Crippen LogP) is 3.61. The number of rotatable bonds is 3. The summed E-state index contributed by atoms with van der Waals surface area (Å²) in [4.78, 5) is 0. The predicted molar refractivity (Wildman–Crippen MR) is 70.8 cm³/mol. The van der Waals surface area contributed by atoms with E-state index in [4.69, 9.17) is 4.74 Å². The molecule has 21 heavy (non-hydrogen) atoms. The van der Waals surface area contributed by atoms with Crippen LogP contribution in [0.4, 0.5) is 13.2 Å². The van der Waals surface area contributed by atoms with Gasteiger partial charge in [-0.25, -0.2) is 0 Å². The van der Waals surface area contributed by atoms with Crippen molar-refractivity contribution in [1.29, 1.82) is 0 Å². The van der Waals surface area contributed by atoms with Crippen LogP contribution in [0.1, 0.15) is 32.3 Å². The normalized spacial score (nSPS) is 26.9. The van der Waals surface area contributed by atoms with Gasteiger partial charge in [-0.15, -0.1) is 13.2 Å². The van der Waals surface area contributed by atoms with Crippen molar-refractivity contribution in [2.24, 2.45) is 5.92 Å². The molecule has 1 aromatic rings. The van der Waals surface area contributed by atoms with E-state index in [1.165, 1.54) is 18.2 Å². The Balaban J connectivity index is 2.31. The minimum absolute atomic E-state index is 0.163. The average molecular weight is 304 g/mol. The highest BCUT2D eigenvalue weighted by Gasteiger charge is 2.41. The van der Waals surface area contributed by atoms with Crippen molar-refractivity contribution in [3.05, 3.63) is 29.8 Å². The van der Waals surface area contributed by atoms with Crippen molar-refractivity contribution in [3.63, 3.8) is 0 Å². The summed E-state index contributed by atoms with van der Waals surface area (Å²) in [6.45, 7) is 4.21. The second-order valence-electron chi connectivity index (χ2n) is 5.68. The van der Waals surface area contributed by atoms with Gasteiger partial charge < -0.3 is 14.6 Å². The fraction of sp³-hybridized carbons (Fsp3) is 0.600. The maximum absolute atomic E-state index is 12.5. The molecule has 1 heterocycles. The first kappa shape index (κ1) is 16.1. The van der Waals surface area contributed by atoms with Crippen molar-refractivity contribution in [2.45, 2.75) is 44.8 Å². The quantitative estimate of drug-likeness (QED) is 0.927. The lowest BCUT2D eigenvalue weighted by Gasteiger charge is -2.39. The molecular weight excluding hydrogens is 285 g/mol. The van der Waals surface area contributed by atoms with Gasteiger partial charge in [0, 0.05) is 18.4 Å². The first-order valence-electron chi connectivity index (χ1n) is 6.90. The van der Waals surface area contributed by atoms with Crippen molar-refractivity contribution < 1.29 is 27.8 Å². The Morgan fingerprint density at radius 1 is 1.33 bits per heavy atom. The highest BCUT2D eigenvalue weighted by Crippen LogP contribution is 2.41. The highest BCUT2D eigenvalue weighted by atomic mass is 19.4. The van der Waals surface area contributed by atoms with E-state index in [0.29, 0.717) is 6.61 Å². The van der Waals surface area contributed by atoms with Crippen molar-refractivity contribution >= 4 is 0 Å². The smallest absolute Gasteiger partial charge is 0.405 e. The van der Waals surface area contributed by atoms with Gasteiger partial charge in [-0.1, -0.05) is 32.0 Å². The van der Waals surface area contributed by atoms with Crippen LogP contribution in [0.5, 0.6) is 5.75 Å². The summed E-state index contributed by atoms with van der Waals surface area (Å²) in [6.07, 6.45) is -4.48. The Morgan fingerprint density at radius 3 is 2.62 bits per heavy atom. The number of alkyl halides is 3. The third kappa shape index (κ3) is 3.89. The van der Waals surface area contributed by atoms with Crippen LogP contribution in [0.2, 0.25) is 0 Å². The van der Waals surface area contributed by atoms with E-state index in [1.807, 2.05) is 13.8 Å². The van der Waals surface area contributed by atoms with Crippen molar-refractivity contribution in [2.75, 3.05) is 6.61 Å². The molecule has 2 rings (SSSR count). The van der Waals surface area contributed by atoms with Gasteiger partial charge >= 0.3 is 6.36 Å². The molecule has 0 radical (unpaired) electrons. The molecule has 1 N–H and O–H groups in total. The Kier molecular flexibility index (Phi) is 4.49. The molecule has 2 unspecified atom stereocenters. The van der Waals surface area contributed by atoms with Crippen LogP contribution in [0.15, 0.2) is 24.3 Å². The minimum Gasteiger partial charge on any atom is -0.405 e. The SMILES string of the molecule is CC(C)C1CC(O)(c2ccccc2OC(F)(F)F)CCO1. The van der Waals surface area contributed by atoms with E-state index >= 15 is 0 Å². The van der Waals surface area contributed by atoms with E-state index in [-0.39, 0.29) is 36.2 Å². The monoisotopic (exact) mass is 304 g/mol. The molecule has 118 valence electrons. The van der Waals surface area contributed by atoms with E-state index < -0.39 is 12.0 Å². The Bertz CT molecular complexity index is 487. The van der Waals surface area contributed by atoms with Gasteiger partial charge in [-0.3, -0.25) is 0 Å². The van der Waals surface area contributed by atoms with Gasteiger partial charge in [0.05, 0.1) is 18.3 Å². The van der Waals surface area contributed by atoms with Gasteiger partial charge in [0.2, 0.25) is 0 Å². The number of hydrogen-bond acceptors (Lipinski definition) is 3. The van der Waals surface area contributed by atoms with E-state index in [0.717, 1.165) is 0 Å². The summed E-state index contributed by atoms with van der Waals surface area (Å²) in [5, 5.41) is 10.8. The molecule has 2 atom stereocenters. The fourth-order valence-electron chi connectivity index (χ4n) is 2.61. The molecule has 0 spiro atoms. The molecule has 6 heteroatoms. The molecule has 1 aromatic carbocycles. The molecule has 3 nitrogen and oxygen atoms in total. The molecular formula is C15H19F3O3. The van der Waals surface area contributed by atoms with Crippen LogP contribution in [0.25, 0.3) is 0 Å². The molecule has 1 aliphatic heterocycles.